The highest BCUT2D eigenvalue weighted by molar-refractivity contribution is 6.43. The number of nitrogens with zero attached hydrogens (tertiary/aromatic N) is 1. The number of halogens is 2. The Morgan fingerprint density at radius 2 is 1.36 bits per heavy atom. The Morgan fingerprint density at radius 3 is 1.97 bits per heavy atom. The van der Waals surface area contributed by atoms with Crippen molar-refractivity contribution in [3.8, 4) is 0 Å². The van der Waals surface area contributed by atoms with Crippen LogP contribution < -0.4 is 5.32 Å². The average molecular weight is 515 g/mol. The molecule has 182 valence electrons. The molecule has 0 fully saturated rings. The molecule has 0 aliphatic rings. The summed E-state index contributed by atoms with van der Waals surface area (Å²) >= 11 is 12.5. The van der Waals surface area contributed by atoms with Gasteiger partial charge in [0.15, 0.2) is 0 Å². The van der Waals surface area contributed by atoms with Crippen molar-refractivity contribution in [3.05, 3.63) is 142 Å². The van der Waals surface area contributed by atoms with Crippen molar-refractivity contribution in [1.82, 2.24) is 4.90 Å². The highest BCUT2D eigenvalue weighted by Crippen LogP contribution is 2.31. The minimum absolute atomic E-state index is 0.163. The molecule has 0 unspecified atom stereocenters. The first kappa shape index (κ1) is 25.6. The second kappa shape index (κ2) is 13.0. The maximum atomic E-state index is 13.4. The molecule has 0 saturated carbocycles. The zero-order valence-electron chi connectivity index (χ0n) is 19.9. The van der Waals surface area contributed by atoms with Crippen molar-refractivity contribution in [2.24, 2.45) is 0 Å². The summed E-state index contributed by atoms with van der Waals surface area (Å²) in [6.07, 6.45) is 4.80. The van der Waals surface area contributed by atoms with Crippen LogP contribution in [0.1, 0.15) is 29.0 Å². The summed E-state index contributed by atoms with van der Waals surface area (Å²) in [5, 5.41) is 3.67. The van der Waals surface area contributed by atoms with Gasteiger partial charge in [-0.2, -0.15) is 0 Å². The minimum atomic E-state index is -0.225. The number of benzene rings is 4. The number of urea groups is 1. The van der Waals surface area contributed by atoms with E-state index in [1.54, 1.807) is 23.1 Å². The molecule has 4 aromatic carbocycles. The topological polar surface area (TPSA) is 32.3 Å². The summed E-state index contributed by atoms with van der Waals surface area (Å²) in [5.74, 6) is 0.163. The molecule has 5 heteroatoms. The third-order valence-electron chi connectivity index (χ3n) is 6.01. The maximum Gasteiger partial charge on any atom is 0.322 e. The zero-order chi connectivity index (χ0) is 25.2. The number of amides is 2. The predicted molar refractivity (Wildman–Crippen MR) is 152 cm³/mol. The summed E-state index contributed by atoms with van der Waals surface area (Å²) < 4.78 is 0. The Balaban J connectivity index is 1.55. The molecule has 2 amide bonds. The Hall–Kier alpha value is -3.53. The molecule has 0 spiro atoms. The number of rotatable bonds is 9. The fourth-order valence-corrected chi connectivity index (χ4v) is 4.48. The molecule has 0 bridgehead atoms. The lowest BCUT2D eigenvalue weighted by atomic mass is 9.88. The molecule has 0 saturated heterocycles. The van der Waals surface area contributed by atoms with Crippen LogP contribution in [-0.2, 0) is 0 Å². The van der Waals surface area contributed by atoms with Crippen molar-refractivity contribution < 1.29 is 4.79 Å². The van der Waals surface area contributed by atoms with Crippen LogP contribution in [0.4, 0.5) is 10.5 Å². The molecule has 4 rings (SSSR count). The molecule has 3 nitrogen and oxygen atoms in total. The minimum Gasteiger partial charge on any atom is -0.321 e. The molecule has 36 heavy (non-hydrogen) atoms. The number of carbonyl (C=O) groups excluding carboxylic acids is 1. The maximum absolute atomic E-state index is 13.4. The van der Waals surface area contributed by atoms with Crippen LogP contribution in [0, 0.1) is 0 Å². The van der Waals surface area contributed by atoms with Gasteiger partial charge in [0, 0.05) is 19.0 Å². The summed E-state index contributed by atoms with van der Waals surface area (Å²) in [5.41, 5.74) is 4.03. The Labute approximate surface area is 223 Å². The SMILES string of the molecule is O=C(Nc1cccc(Cl)c1Cl)N(C/C=C/c1ccccc1)CCC(c1ccccc1)c1ccccc1. The summed E-state index contributed by atoms with van der Waals surface area (Å²) in [6, 6.07) is 35.9. The van der Waals surface area contributed by atoms with Crippen molar-refractivity contribution >= 4 is 41.0 Å². The van der Waals surface area contributed by atoms with Crippen molar-refractivity contribution in [2.75, 3.05) is 18.4 Å². The molecule has 0 atom stereocenters. The van der Waals surface area contributed by atoms with Crippen LogP contribution in [0.2, 0.25) is 10.0 Å². The van der Waals surface area contributed by atoms with Gasteiger partial charge in [-0.25, -0.2) is 4.79 Å². The fraction of sp³-hybridized carbons (Fsp3) is 0.129. The van der Waals surface area contributed by atoms with Gasteiger partial charge in [-0.3, -0.25) is 0 Å². The van der Waals surface area contributed by atoms with Gasteiger partial charge in [-0.1, -0.05) is 132 Å². The molecule has 1 N–H and O–H groups in total. The Morgan fingerprint density at radius 1 is 0.778 bits per heavy atom. The number of hydrogen-bond donors (Lipinski definition) is 1. The number of carbonyl (C=O) groups is 1. The molecule has 4 aromatic rings. The van der Waals surface area contributed by atoms with Gasteiger partial charge in [-0.15, -0.1) is 0 Å². The first-order valence-corrected chi connectivity index (χ1v) is 12.7. The van der Waals surface area contributed by atoms with E-state index >= 15 is 0 Å². The van der Waals surface area contributed by atoms with Crippen LogP contribution >= 0.6 is 23.2 Å². The van der Waals surface area contributed by atoms with Crippen LogP contribution in [0.15, 0.2) is 115 Å². The van der Waals surface area contributed by atoms with Gasteiger partial charge >= 0.3 is 6.03 Å². The molecular formula is C31H28Cl2N2O. The monoisotopic (exact) mass is 514 g/mol. The fourth-order valence-electron chi connectivity index (χ4n) is 4.13. The van der Waals surface area contributed by atoms with E-state index < -0.39 is 0 Å². The summed E-state index contributed by atoms with van der Waals surface area (Å²) in [4.78, 5) is 15.2. The first-order chi connectivity index (χ1) is 17.6. The molecule has 0 heterocycles. The summed E-state index contributed by atoms with van der Waals surface area (Å²) in [7, 11) is 0. The third kappa shape index (κ3) is 7.00. The number of hydrogen-bond acceptors (Lipinski definition) is 1. The number of nitrogens with one attached hydrogen (secondary N) is 1. The van der Waals surface area contributed by atoms with Gasteiger partial charge in [-0.05, 0) is 35.2 Å². The largest absolute Gasteiger partial charge is 0.322 e. The van der Waals surface area contributed by atoms with Gasteiger partial charge in [0.05, 0.1) is 15.7 Å². The highest BCUT2D eigenvalue weighted by Gasteiger charge is 2.19. The highest BCUT2D eigenvalue weighted by atomic mass is 35.5. The molecule has 0 aliphatic carbocycles. The molecule has 0 aromatic heterocycles. The smallest absolute Gasteiger partial charge is 0.321 e. The van der Waals surface area contributed by atoms with Gasteiger partial charge in [0.1, 0.15) is 0 Å². The third-order valence-corrected chi connectivity index (χ3v) is 6.83. The predicted octanol–water partition coefficient (Wildman–Crippen LogP) is 8.76. The van der Waals surface area contributed by atoms with Gasteiger partial charge in [0.25, 0.3) is 0 Å². The van der Waals surface area contributed by atoms with E-state index in [0.717, 1.165) is 12.0 Å². The lowest BCUT2D eigenvalue weighted by molar-refractivity contribution is 0.216. The van der Waals surface area contributed by atoms with E-state index in [9.17, 15) is 4.79 Å². The van der Waals surface area contributed by atoms with E-state index in [4.69, 9.17) is 23.2 Å². The first-order valence-electron chi connectivity index (χ1n) is 11.9. The van der Waals surface area contributed by atoms with E-state index in [1.807, 2.05) is 54.6 Å². The van der Waals surface area contributed by atoms with Crippen molar-refractivity contribution in [2.45, 2.75) is 12.3 Å². The van der Waals surface area contributed by atoms with Crippen LogP contribution in [0.5, 0.6) is 0 Å². The Bertz CT molecular complexity index is 1240. The van der Waals surface area contributed by atoms with E-state index in [0.29, 0.717) is 28.8 Å². The second-order valence-corrected chi connectivity index (χ2v) is 9.24. The molecular weight excluding hydrogens is 487 g/mol. The van der Waals surface area contributed by atoms with Crippen molar-refractivity contribution in [1.29, 1.82) is 0 Å². The average Bonchev–Trinajstić information content (AvgIpc) is 2.92. The number of anilines is 1. The van der Waals surface area contributed by atoms with Crippen LogP contribution in [0.3, 0.4) is 0 Å². The van der Waals surface area contributed by atoms with E-state index in [-0.39, 0.29) is 11.9 Å². The quantitative estimate of drug-likeness (QED) is 0.237. The molecule has 0 aliphatic heterocycles. The lowest BCUT2D eigenvalue weighted by Gasteiger charge is -2.26. The normalized spacial score (nSPS) is 11.1. The van der Waals surface area contributed by atoms with Crippen molar-refractivity contribution in [3.63, 3.8) is 0 Å². The molecule has 0 radical (unpaired) electrons. The second-order valence-electron chi connectivity index (χ2n) is 8.45. The standard InChI is InChI=1S/C31H28Cl2N2O/c32-28-19-10-20-29(30(28)33)34-31(36)35(22-11-14-24-12-4-1-5-13-24)23-21-27(25-15-6-2-7-16-25)26-17-8-3-9-18-26/h1-20,27H,21-23H2,(H,34,36)/b14-11+. The summed E-state index contributed by atoms with van der Waals surface area (Å²) in [6.45, 7) is 1.01. The van der Waals surface area contributed by atoms with Gasteiger partial charge in [0.2, 0.25) is 0 Å². The lowest BCUT2D eigenvalue weighted by Crippen LogP contribution is -2.36. The Kier molecular flexibility index (Phi) is 9.21. The van der Waals surface area contributed by atoms with E-state index in [2.05, 4.69) is 53.8 Å². The van der Waals surface area contributed by atoms with Gasteiger partial charge < -0.3 is 10.2 Å². The van der Waals surface area contributed by atoms with E-state index in [1.165, 1.54) is 11.1 Å². The van der Waals surface area contributed by atoms with Crippen LogP contribution in [0.25, 0.3) is 6.08 Å². The van der Waals surface area contributed by atoms with Crippen LogP contribution in [-0.4, -0.2) is 24.0 Å². The zero-order valence-corrected chi connectivity index (χ0v) is 21.4.